The van der Waals surface area contributed by atoms with Crippen LogP contribution >= 0.6 is 0 Å². The minimum absolute atomic E-state index is 0.189. The van der Waals surface area contributed by atoms with Gasteiger partial charge >= 0.3 is 0 Å². The van der Waals surface area contributed by atoms with E-state index in [0.29, 0.717) is 12.8 Å². The number of carbonyl (C=O) groups is 1. The summed E-state index contributed by atoms with van der Waals surface area (Å²) < 4.78 is 25.8. The topological polar surface area (TPSA) is 55.1 Å². The Hall–Kier alpha value is -2.27. The predicted octanol–water partition coefficient (Wildman–Crippen LogP) is 2.86. The van der Waals surface area contributed by atoms with E-state index in [0.717, 1.165) is 17.7 Å². The molecule has 0 saturated carbocycles. The van der Waals surface area contributed by atoms with Gasteiger partial charge in [-0.05, 0) is 30.5 Å². The van der Waals surface area contributed by atoms with Gasteiger partial charge in [-0.25, -0.2) is 8.78 Å². The monoisotopic (exact) mass is 290 g/mol. The first-order valence-corrected chi connectivity index (χ1v) is 6.61. The smallest absolute Gasteiger partial charge is 0.241 e. The molecule has 2 aromatic carbocycles. The van der Waals surface area contributed by atoms with Crippen molar-refractivity contribution in [2.75, 3.05) is 5.32 Å². The number of hydrogen-bond acceptors (Lipinski definition) is 2. The maximum absolute atomic E-state index is 13.0. The second-order valence-electron chi connectivity index (χ2n) is 4.75. The lowest BCUT2D eigenvalue weighted by Gasteiger charge is -2.12. The average molecular weight is 290 g/mol. The van der Waals surface area contributed by atoms with Gasteiger partial charge in [0.15, 0.2) is 11.6 Å². The molecule has 1 atom stereocenters. The lowest BCUT2D eigenvalue weighted by Crippen LogP contribution is -2.36. The van der Waals surface area contributed by atoms with Crippen molar-refractivity contribution in [3.05, 3.63) is 65.7 Å². The van der Waals surface area contributed by atoms with Crippen molar-refractivity contribution in [1.29, 1.82) is 0 Å². The van der Waals surface area contributed by atoms with Crippen LogP contribution in [-0.2, 0) is 11.2 Å². The van der Waals surface area contributed by atoms with Gasteiger partial charge in [-0.3, -0.25) is 4.79 Å². The summed E-state index contributed by atoms with van der Waals surface area (Å²) in [5.41, 5.74) is 7.08. The van der Waals surface area contributed by atoms with E-state index in [9.17, 15) is 13.6 Å². The van der Waals surface area contributed by atoms with E-state index in [4.69, 9.17) is 5.73 Å². The molecule has 0 aromatic heterocycles. The third-order valence-electron chi connectivity index (χ3n) is 3.11. The molecule has 0 fully saturated rings. The Labute approximate surface area is 121 Å². The number of aryl methyl sites for hydroxylation is 1. The summed E-state index contributed by atoms with van der Waals surface area (Å²) in [5.74, 6) is -2.39. The first-order chi connectivity index (χ1) is 10.1. The summed E-state index contributed by atoms with van der Waals surface area (Å²) in [5, 5.41) is 2.48. The number of benzene rings is 2. The van der Waals surface area contributed by atoms with Crippen LogP contribution in [-0.4, -0.2) is 11.9 Å². The molecule has 1 amide bonds. The molecule has 0 spiro atoms. The number of nitrogens with two attached hydrogens (primary N) is 1. The number of rotatable bonds is 5. The summed E-state index contributed by atoms with van der Waals surface area (Å²) in [7, 11) is 0. The highest BCUT2D eigenvalue weighted by molar-refractivity contribution is 5.94. The highest BCUT2D eigenvalue weighted by Gasteiger charge is 2.14. The molecular weight excluding hydrogens is 274 g/mol. The third-order valence-corrected chi connectivity index (χ3v) is 3.11. The largest absolute Gasteiger partial charge is 0.325 e. The van der Waals surface area contributed by atoms with E-state index in [1.54, 1.807) is 0 Å². The molecule has 0 saturated heterocycles. The SMILES string of the molecule is NC(CCc1ccccc1)C(=O)Nc1ccc(F)c(F)c1. The normalized spacial score (nSPS) is 12.0. The van der Waals surface area contributed by atoms with Crippen LogP contribution in [0.25, 0.3) is 0 Å². The van der Waals surface area contributed by atoms with Crippen molar-refractivity contribution in [3.63, 3.8) is 0 Å². The Morgan fingerprint density at radius 2 is 1.81 bits per heavy atom. The Morgan fingerprint density at radius 1 is 1.10 bits per heavy atom. The van der Waals surface area contributed by atoms with Crippen LogP contribution < -0.4 is 11.1 Å². The average Bonchev–Trinajstić information content (AvgIpc) is 2.49. The van der Waals surface area contributed by atoms with Crippen LogP contribution in [0, 0.1) is 11.6 Å². The van der Waals surface area contributed by atoms with Crippen LogP contribution in [0.4, 0.5) is 14.5 Å². The minimum Gasteiger partial charge on any atom is -0.325 e. The Bertz CT molecular complexity index is 617. The molecule has 110 valence electrons. The first kappa shape index (κ1) is 15.1. The molecule has 0 bridgehead atoms. The highest BCUT2D eigenvalue weighted by atomic mass is 19.2. The van der Waals surface area contributed by atoms with Crippen molar-refractivity contribution < 1.29 is 13.6 Å². The zero-order valence-corrected chi connectivity index (χ0v) is 11.4. The van der Waals surface area contributed by atoms with Crippen molar-refractivity contribution in [2.45, 2.75) is 18.9 Å². The Balaban J connectivity index is 1.89. The first-order valence-electron chi connectivity index (χ1n) is 6.61. The van der Waals surface area contributed by atoms with Crippen molar-refractivity contribution in [1.82, 2.24) is 0 Å². The molecular formula is C16H16F2N2O. The molecule has 0 aliphatic heterocycles. The minimum atomic E-state index is -1.01. The van der Waals surface area contributed by atoms with Gasteiger partial charge in [0.05, 0.1) is 6.04 Å². The fourth-order valence-electron chi connectivity index (χ4n) is 1.91. The predicted molar refractivity (Wildman–Crippen MR) is 77.7 cm³/mol. The van der Waals surface area contributed by atoms with E-state index in [-0.39, 0.29) is 5.69 Å². The van der Waals surface area contributed by atoms with Crippen LogP contribution in [0.3, 0.4) is 0 Å². The van der Waals surface area contributed by atoms with E-state index in [2.05, 4.69) is 5.32 Å². The van der Waals surface area contributed by atoms with Gasteiger partial charge in [0.2, 0.25) is 5.91 Å². The summed E-state index contributed by atoms with van der Waals surface area (Å²) >= 11 is 0. The second-order valence-corrected chi connectivity index (χ2v) is 4.75. The molecule has 21 heavy (non-hydrogen) atoms. The van der Waals surface area contributed by atoms with Gasteiger partial charge in [-0.15, -0.1) is 0 Å². The van der Waals surface area contributed by atoms with Gasteiger partial charge < -0.3 is 11.1 Å². The van der Waals surface area contributed by atoms with E-state index in [1.807, 2.05) is 30.3 Å². The van der Waals surface area contributed by atoms with E-state index < -0.39 is 23.6 Å². The summed E-state index contributed by atoms with van der Waals surface area (Å²) in [4.78, 5) is 11.9. The maximum atomic E-state index is 13.0. The lowest BCUT2D eigenvalue weighted by atomic mass is 10.1. The van der Waals surface area contributed by atoms with Gasteiger partial charge in [0.1, 0.15) is 0 Å². The van der Waals surface area contributed by atoms with Crippen molar-refractivity contribution in [3.8, 4) is 0 Å². The van der Waals surface area contributed by atoms with Gasteiger partial charge in [0.25, 0.3) is 0 Å². The number of hydrogen-bond donors (Lipinski definition) is 2. The maximum Gasteiger partial charge on any atom is 0.241 e. The lowest BCUT2D eigenvalue weighted by molar-refractivity contribution is -0.117. The van der Waals surface area contributed by atoms with Crippen LogP contribution in [0.15, 0.2) is 48.5 Å². The van der Waals surface area contributed by atoms with Crippen molar-refractivity contribution >= 4 is 11.6 Å². The number of anilines is 1. The molecule has 3 nitrogen and oxygen atoms in total. The standard InChI is InChI=1S/C16H16F2N2O/c17-13-8-7-12(10-14(13)18)20-16(21)15(19)9-6-11-4-2-1-3-5-11/h1-5,7-8,10,15H,6,9,19H2,(H,20,21). The Kier molecular flexibility index (Phi) is 5.00. The van der Waals surface area contributed by atoms with E-state index >= 15 is 0 Å². The number of amides is 1. The number of halogens is 2. The van der Waals surface area contributed by atoms with Gasteiger partial charge in [-0.1, -0.05) is 30.3 Å². The molecule has 3 N–H and O–H groups in total. The molecule has 0 aliphatic rings. The van der Waals surface area contributed by atoms with Crippen LogP contribution in [0.1, 0.15) is 12.0 Å². The van der Waals surface area contributed by atoms with Gasteiger partial charge in [0, 0.05) is 11.8 Å². The fraction of sp³-hybridized carbons (Fsp3) is 0.188. The van der Waals surface area contributed by atoms with Crippen LogP contribution in [0.2, 0.25) is 0 Å². The summed E-state index contributed by atoms with van der Waals surface area (Å²) in [6.07, 6.45) is 1.15. The molecule has 0 radical (unpaired) electrons. The number of carbonyl (C=O) groups excluding carboxylic acids is 1. The Morgan fingerprint density at radius 3 is 2.48 bits per heavy atom. The molecule has 0 aliphatic carbocycles. The summed E-state index contributed by atoms with van der Waals surface area (Å²) in [6, 6.07) is 12.1. The van der Waals surface area contributed by atoms with Gasteiger partial charge in [-0.2, -0.15) is 0 Å². The van der Waals surface area contributed by atoms with E-state index in [1.165, 1.54) is 6.07 Å². The number of nitrogens with one attached hydrogen (secondary N) is 1. The fourth-order valence-corrected chi connectivity index (χ4v) is 1.91. The third kappa shape index (κ3) is 4.36. The molecule has 2 rings (SSSR count). The molecule has 1 unspecified atom stereocenters. The zero-order chi connectivity index (χ0) is 15.2. The quantitative estimate of drug-likeness (QED) is 0.889. The molecule has 5 heteroatoms. The van der Waals surface area contributed by atoms with Crippen molar-refractivity contribution in [2.24, 2.45) is 5.73 Å². The van der Waals surface area contributed by atoms with Crippen LogP contribution in [0.5, 0.6) is 0 Å². The second kappa shape index (κ2) is 6.95. The highest BCUT2D eigenvalue weighted by Crippen LogP contribution is 2.13. The summed E-state index contributed by atoms with van der Waals surface area (Å²) in [6.45, 7) is 0. The molecule has 2 aromatic rings. The zero-order valence-electron chi connectivity index (χ0n) is 11.4. The molecule has 0 heterocycles.